The molecule has 0 spiro atoms. The molecule has 0 unspecified atom stereocenters. The zero-order valence-corrected chi connectivity index (χ0v) is 32.1. The summed E-state index contributed by atoms with van der Waals surface area (Å²) < 4.78 is 0. The second-order valence-electron chi connectivity index (χ2n) is 16.5. The molecule has 0 saturated heterocycles. The molecule has 0 amide bonds. The number of nitrogens with zero attached hydrogens (tertiary/aromatic N) is 2. The molecule has 0 N–H and O–H groups in total. The van der Waals surface area contributed by atoms with Crippen LogP contribution in [0.3, 0.4) is 0 Å². The van der Waals surface area contributed by atoms with Gasteiger partial charge in [-0.25, -0.2) is 9.97 Å². The largest absolute Gasteiger partial charge is 0.228 e. The first-order valence-corrected chi connectivity index (χ1v) is 19.7. The summed E-state index contributed by atoms with van der Waals surface area (Å²) in [4.78, 5) is 10.6. The maximum absolute atomic E-state index is 5.32. The summed E-state index contributed by atoms with van der Waals surface area (Å²) in [6, 6.07) is 62.0. The summed E-state index contributed by atoms with van der Waals surface area (Å²) in [7, 11) is 0. The molecule has 2 heteroatoms. The molecule has 0 aliphatic heterocycles. The molecule has 0 fully saturated rings. The average Bonchev–Trinajstić information content (AvgIpc) is 3.63. The van der Waals surface area contributed by atoms with Crippen molar-refractivity contribution in [3.8, 4) is 67.3 Å². The number of hydrogen-bond donors (Lipinski definition) is 0. The summed E-state index contributed by atoms with van der Waals surface area (Å²) in [6.45, 7) is 9.41. The minimum absolute atomic E-state index is 0.0894. The molecular weight excluding hydrogens is 677 g/mol. The molecule has 56 heavy (non-hydrogen) atoms. The van der Waals surface area contributed by atoms with Gasteiger partial charge >= 0.3 is 0 Å². The molecule has 2 aliphatic rings. The number of hydrogen-bond acceptors (Lipinski definition) is 2. The highest BCUT2D eigenvalue weighted by Crippen LogP contribution is 2.54. The third kappa shape index (κ3) is 4.69. The molecule has 0 atom stereocenters. The van der Waals surface area contributed by atoms with Gasteiger partial charge in [0, 0.05) is 27.5 Å². The van der Waals surface area contributed by atoms with Gasteiger partial charge in [0.15, 0.2) is 5.82 Å². The fourth-order valence-corrected chi connectivity index (χ4v) is 9.97. The van der Waals surface area contributed by atoms with Gasteiger partial charge in [0.25, 0.3) is 0 Å². The van der Waals surface area contributed by atoms with Gasteiger partial charge in [-0.1, -0.05) is 185 Å². The second kappa shape index (κ2) is 11.9. The number of fused-ring (bicyclic) bond motifs is 9. The Labute approximate surface area is 328 Å². The van der Waals surface area contributed by atoms with Crippen LogP contribution in [-0.4, -0.2) is 9.97 Å². The predicted octanol–water partition coefficient (Wildman–Crippen LogP) is 14.1. The molecule has 0 bridgehead atoms. The van der Waals surface area contributed by atoms with Gasteiger partial charge in [0.1, 0.15) is 0 Å². The second-order valence-corrected chi connectivity index (χ2v) is 16.5. The van der Waals surface area contributed by atoms with E-state index < -0.39 is 0 Å². The molecule has 1 aromatic heterocycles. The van der Waals surface area contributed by atoms with Gasteiger partial charge in [-0.05, 0) is 89.3 Å². The monoisotopic (exact) mass is 716 g/mol. The van der Waals surface area contributed by atoms with Gasteiger partial charge in [-0.3, -0.25) is 0 Å². The molecule has 1 heterocycles. The van der Waals surface area contributed by atoms with Crippen LogP contribution in [0.15, 0.2) is 170 Å². The van der Waals surface area contributed by atoms with Crippen molar-refractivity contribution in [1.29, 1.82) is 0 Å². The van der Waals surface area contributed by atoms with Crippen LogP contribution in [0, 0.1) is 0 Å². The van der Waals surface area contributed by atoms with E-state index in [9.17, 15) is 0 Å². The summed E-state index contributed by atoms with van der Waals surface area (Å²) in [5.74, 6) is 0.724. The first-order chi connectivity index (χ1) is 27.3. The fraction of sp³-hybridized carbons (Fsp3) is 0.111. The van der Waals surface area contributed by atoms with Gasteiger partial charge in [0.05, 0.1) is 11.4 Å². The van der Waals surface area contributed by atoms with Crippen molar-refractivity contribution in [2.45, 2.75) is 38.5 Å². The van der Waals surface area contributed by atoms with Crippen LogP contribution in [-0.2, 0) is 10.8 Å². The Morgan fingerprint density at radius 2 is 0.964 bits per heavy atom. The van der Waals surface area contributed by atoms with Crippen molar-refractivity contribution in [2.24, 2.45) is 0 Å². The number of rotatable bonds is 4. The molecule has 0 radical (unpaired) electrons. The quantitative estimate of drug-likeness (QED) is 0.181. The van der Waals surface area contributed by atoms with E-state index in [0.717, 1.165) is 33.9 Å². The van der Waals surface area contributed by atoms with Crippen LogP contribution in [0.4, 0.5) is 0 Å². The van der Waals surface area contributed by atoms with Crippen LogP contribution in [0.5, 0.6) is 0 Å². The standard InChI is InChI=1S/C54H40N2/c1-53(2)45-23-13-12-21-42(45)50-43(22-14-24-47(50)53)49-32-48(55-52(56-49)34-16-6-5-7-17-34)40-29-28-36(38-19-10-11-20-39(38)40)35-26-30-46-44(31-35)41-27-25-33-15-8-9-18-37(33)51(41)54(46,3)4/h5-32H,1-4H3. The molecule has 266 valence electrons. The van der Waals surface area contributed by atoms with Crippen molar-refractivity contribution < 1.29 is 0 Å². The van der Waals surface area contributed by atoms with E-state index in [2.05, 4.69) is 191 Å². The first kappa shape index (κ1) is 32.8. The van der Waals surface area contributed by atoms with Crippen LogP contribution in [0.25, 0.3) is 88.8 Å². The maximum atomic E-state index is 5.32. The normalized spacial score (nSPS) is 14.4. The third-order valence-electron chi connectivity index (χ3n) is 12.7. The van der Waals surface area contributed by atoms with Crippen molar-refractivity contribution in [3.63, 3.8) is 0 Å². The zero-order chi connectivity index (χ0) is 37.8. The Balaban J connectivity index is 1.10. The Morgan fingerprint density at radius 3 is 1.79 bits per heavy atom. The molecule has 11 rings (SSSR count). The first-order valence-electron chi connectivity index (χ1n) is 19.7. The van der Waals surface area contributed by atoms with E-state index in [0.29, 0.717) is 0 Å². The molecule has 2 aliphatic carbocycles. The lowest BCUT2D eigenvalue weighted by Gasteiger charge is -2.23. The van der Waals surface area contributed by atoms with E-state index in [-0.39, 0.29) is 10.8 Å². The third-order valence-corrected chi connectivity index (χ3v) is 12.7. The summed E-state index contributed by atoms with van der Waals surface area (Å²) in [6.07, 6.45) is 0. The SMILES string of the molecule is CC1(C)c2ccccc2-c2c(-c3cc(-c4ccc(-c5ccc6c(c5)-c5ccc7ccccc7c5C6(C)C)c5ccccc45)nc(-c4ccccc4)n3)cccc21. The van der Waals surface area contributed by atoms with E-state index in [1.54, 1.807) is 0 Å². The van der Waals surface area contributed by atoms with Gasteiger partial charge < -0.3 is 0 Å². The number of aromatic nitrogens is 2. The van der Waals surface area contributed by atoms with Crippen LogP contribution >= 0.6 is 0 Å². The highest BCUT2D eigenvalue weighted by Gasteiger charge is 2.38. The molecule has 0 saturated carbocycles. The molecule has 8 aromatic carbocycles. The topological polar surface area (TPSA) is 25.8 Å². The van der Waals surface area contributed by atoms with Gasteiger partial charge in [-0.2, -0.15) is 0 Å². The summed E-state index contributed by atoms with van der Waals surface area (Å²) >= 11 is 0. The highest BCUT2D eigenvalue weighted by molar-refractivity contribution is 6.06. The van der Waals surface area contributed by atoms with E-state index in [4.69, 9.17) is 9.97 Å². The van der Waals surface area contributed by atoms with Crippen molar-refractivity contribution >= 4 is 21.5 Å². The molecule has 2 nitrogen and oxygen atoms in total. The minimum Gasteiger partial charge on any atom is -0.228 e. The Morgan fingerprint density at radius 1 is 0.357 bits per heavy atom. The van der Waals surface area contributed by atoms with Crippen molar-refractivity contribution in [1.82, 2.24) is 9.97 Å². The Hall–Kier alpha value is -6.64. The summed E-state index contributed by atoms with van der Waals surface area (Å²) in [5, 5.41) is 5.02. The lowest BCUT2D eigenvalue weighted by molar-refractivity contribution is 0.660. The minimum atomic E-state index is -0.102. The Bertz CT molecular complexity index is 3080. The van der Waals surface area contributed by atoms with Crippen LogP contribution < -0.4 is 0 Å². The lowest BCUT2D eigenvalue weighted by Crippen LogP contribution is -2.15. The molecular formula is C54H40N2. The predicted molar refractivity (Wildman–Crippen MR) is 234 cm³/mol. The highest BCUT2D eigenvalue weighted by atomic mass is 14.9. The van der Waals surface area contributed by atoms with Gasteiger partial charge in [0.2, 0.25) is 0 Å². The lowest BCUT2D eigenvalue weighted by atomic mass is 9.80. The zero-order valence-electron chi connectivity index (χ0n) is 32.1. The van der Waals surface area contributed by atoms with E-state index in [1.165, 1.54) is 77.2 Å². The van der Waals surface area contributed by atoms with E-state index >= 15 is 0 Å². The van der Waals surface area contributed by atoms with Crippen LogP contribution in [0.1, 0.15) is 49.9 Å². The maximum Gasteiger partial charge on any atom is 0.160 e. The van der Waals surface area contributed by atoms with Crippen molar-refractivity contribution in [2.75, 3.05) is 0 Å². The smallest absolute Gasteiger partial charge is 0.160 e. The number of benzene rings is 8. The molecule has 9 aromatic rings. The summed E-state index contributed by atoms with van der Waals surface area (Å²) in [5.41, 5.74) is 18.0. The van der Waals surface area contributed by atoms with Crippen molar-refractivity contribution in [3.05, 3.63) is 192 Å². The fourth-order valence-electron chi connectivity index (χ4n) is 9.97. The Kier molecular flexibility index (Phi) is 6.98. The van der Waals surface area contributed by atoms with E-state index in [1.807, 2.05) is 6.07 Å². The average molecular weight is 717 g/mol. The van der Waals surface area contributed by atoms with Crippen LogP contribution in [0.2, 0.25) is 0 Å². The van der Waals surface area contributed by atoms with Gasteiger partial charge in [-0.15, -0.1) is 0 Å².